The van der Waals surface area contributed by atoms with Crippen LogP contribution in [0.1, 0.15) is 10.6 Å². The van der Waals surface area contributed by atoms with E-state index in [1.807, 2.05) is 0 Å². The molecule has 2 heterocycles. The molecular weight excluding hydrogens is 281 g/mol. The van der Waals surface area contributed by atoms with Crippen molar-refractivity contribution in [2.24, 2.45) is 0 Å². The first-order chi connectivity index (χ1) is 9.70. The minimum Gasteiger partial charge on any atom is -0.349 e. The van der Waals surface area contributed by atoms with Gasteiger partial charge < -0.3 is 5.32 Å². The number of aromatic nitrogens is 4. The molecule has 0 aliphatic carbocycles. The molecule has 0 spiro atoms. The standard InChI is InChI=1S/C12H10FN5OS/c13-9-3-1-8(2-4-9)5-10(19)14-6-11-17-18-7-15-16-12(18)20-11/h1-4,7H,5-6H2,(H,14,19). The largest absolute Gasteiger partial charge is 0.349 e. The molecule has 0 aliphatic heterocycles. The van der Waals surface area contributed by atoms with Crippen molar-refractivity contribution in [1.82, 2.24) is 25.1 Å². The maximum Gasteiger partial charge on any atom is 0.234 e. The van der Waals surface area contributed by atoms with Crippen LogP contribution >= 0.6 is 11.3 Å². The minimum absolute atomic E-state index is 0.137. The molecule has 0 aliphatic rings. The summed E-state index contributed by atoms with van der Waals surface area (Å²) in [6.07, 6.45) is 1.72. The highest BCUT2D eigenvalue weighted by Crippen LogP contribution is 2.11. The molecule has 0 bridgehead atoms. The van der Waals surface area contributed by atoms with Crippen molar-refractivity contribution in [2.75, 3.05) is 0 Å². The van der Waals surface area contributed by atoms with E-state index in [4.69, 9.17) is 0 Å². The first-order valence-corrected chi connectivity index (χ1v) is 6.69. The molecule has 102 valence electrons. The average molecular weight is 291 g/mol. The molecule has 0 atom stereocenters. The second kappa shape index (κ2) is 5.33. The third-order valence-electron chi connectivity index (χ3n) is 2.64. The molecule has 2 aromatic heterocycles. The number of carbonyl (C=O) groups is 1. The second-order valence-electron chi connectivity index (χ2n) is 4.13. The highest BCUT2D eigenvalue weighted by molar-refractivity contribution is 7.16. The van der Waals surface area contributed by atoms with E-state index in [0.29, 0.717) is 11.5 Å². The van der Waals surface area contributed by atoms with Gasteiger partial charge in [0.2, 0.25) is 10.9 Å². The number of fused-ring (bicyclic) bond motifs is 1. The predicted octanol–water partition coefficient (Wildman–Crippen LogP) is 1.18. The Bertz CT molecular complexity index is 707. The molecule has 1 aromatic carbocycles. The smallest absolute Gasteiger partial charge is 0.234 e. The van der Waals surface area contributed by atoms with Crippen LogP contribution in [0.5, 0.6) is 0 Å². The van der Waals surface area contributed by atoms with Crippen molar-refractivity contribution in [1.29, 1.82) is 0 Å². The molecule has 1 amide bonds. The summed E-state index contributed by atoms with van der Waals surface area (Å²) in [6.45, 7) is 0.341. The van der Waals surface area contributed by atoms with Gasteiger partial charge >= 0.3 is 0 Å². The third-order valence-corrected chi connectivity index (χ3v) is 3.56. The first kappa shape index (κ1) is 12.7. The van der Waals surface area contributed by atoms with Gasteiger partial charge in [-0.1, -0.05) is 23.5 Å². The molecule has 0 unspecified atom stereocenters. The maximum absolute atomic E-state index is 12.7. The first-order valence-electron chi connectivity index (χ1n) is 5.87. The van der Waals surface area contributed by atoms with Crippen LogP contribution in [-0.2, 0) is 17.8 Å². The Hall–Kier alpha value is -2.35. The van der Waals surface area contributed by atoms with Gasteiger partial charge in [0, 0.05) is 0 Å². The third kappa shape index (κ3) is 2.80. The fourth-order valence-electron chi connectivity index (χ4n) is 1.70. The maximum atomic E-state index is 12.7. The summed E-state index contributed by atoms with van der Waals surface area (Å²) in [7, 11) is 0. The molecule has 3 rings (SSSR count). The number of hydrogen-bond acceptors (Lipinski definition) is 5. The summed E-state index contributed by atoms with van der Waals surface area (Å²) in [6, 6.07) is 5.87. The van der Waals surface area contributed by atoms with Gasteiger partial charge in [-0.25, -0.2) is 4.39 Å². The molecule has 8 heteroatoms. The van der Waals surface area contributed by atoms with Crippen LogP contribution in [0.25, 0.3) is 4.96 Å². The Balaban J connectivity index is 1.56. The van der Waals surface area contributed by atoms with E-state index in [9.17, 15) is 9.18 Å². The zero-order valence-electron chi connectivity index (χ0n) is 10.3. The molecule has 0 saturated carbocycles. The van der Waals surface area contributed by atoms with Crippen molar-refractivity contribution in [2.45, 2.75) is 13.0 Å². The number of hydrogen-bond donors (Lipinski definition) is 1. The van der Waals surface area contributed by atoms with Crippen LogP contribution < -0.4 is 5.32 Å². The van der Waals surface area contributed by atoms with Gasteiger partial charge in [0.05, 0.1) is 13.0 Å². The minimum atomic E-state index is -0.311. The van der Waals surface area contributed by atoms with E-state index in [1.165, 1.54) is 29.8 Å². The average Bonchev–Trinajstić information content (AvgIpc) is 3.00. The lowest BCUT2D eigenvalue weighted by Crippen LogP contribution is -2.24. The fourth-order valence-corrected chi connectivity index (χ4v) is 2.45. The van der Waals surface area contributed by atoms with Crippen molar-refractivity contribution in [3.8, 4) is 0 Å². The Morgan fingerprint density at radius 2 is 2.15 bits per heavy atom. The normalized spacial score (nSPS) is 10.8. The zero-order chi connectivity index (χ0) is 13.9. The van der Waals surface area contributed by atoms with E-state index in [0.717, 1.165) is 10.6 Å². The molecule has 1 N–H and O–H groups in total. The highest BCUT2D eigenvalue weighted by Gasteiger charge is 2.08. The van der Waals surface area contributed by atoms with Gasteiger partial charge in [-0.3, -0.25) is 4.79 Å². The van der Waals surface area contributed by atoms with Gasteiger partial charge in [0.15, 0.2) is 0 Å². The molecule has 6 nitrogen and oxygen atoms in total. The lowest BCUT2D eigenvalue weighted by molar-refractivity contribution is -0.120. The number of rotatable bonds is 4. The number of carbonyl (C=O) groups excluding carboxylic acids is 1. The van der Waals surface area contributed by atoms with Crippen LogP contribution in [0, 0.1) is 5.82 Å². The Morgan fingerprint density at radius 3 is 2.90 bits per heavy atom. The highest BCUT2D eigenvalue weighted by atomic mass is 32.1. The van der Waals surface area contributed by atoms with Crippen molar-refractivity contribution in [3.63, 3.8) is 0 Å². The second-order valence-corrected chi connectivity index (χ2v) is 5.17. The lowest BCUT2D eigenvalue weighted by atomic mass is 10.1. The summed E-state index contributed by atoms with van der Waals surface area (Å²) in [5, 5.41) is 15.3. The van der Waals surface area contributed by atoms with Crippen molar-refractivity contribution in [3.05, 3.63) is 47.0 Å². The molecular formula is C12H10FN5OS. The summed E-state index contributed by atoms with van der Waals surface area (Å²) in [5.74, 6) is -0.448. The van der Waals surface area contributed by atoms with E-state index in [-0.39, 0.29) is 18.1 Å². The monoisotopic (exact) mass is 291 g/mol. The van der Waals surface area contributed by atoms with Crippen LogP contribution in [0.4, 0.5) is 4.39 Å². The van der Waals surface area contributed by atoms with Gasteiger partial charge in [-0.15, -0.1) is 10.2 Å². The molecule has 20 heavy (non-hydrogen) atoms. The number of nitrogens with one attached hydrogen (secondary N) is 1. The summed E-state index contributed by atoms with van der Waals surface area (Å²) in [5.41, 5.74) is 0.766. The number of halogens is 1. The number of amides is 1. The predicted molar refractivity (Wildman–Crippen MR) is 70.6 cm³/mol. The number of benzene rings is 1. The van der Waals surface area contributed by atoms with Crippen LogP contribution in [-0.4, -0.2) is 25.7 Å². The molecule has 0 fully saturated rings. The van der Waals surface area contributed by atoms with Gasteiger partial charge in [0.1, 0.15) is 17.2 Å². The van der Waals surface area contributed by atoms with Crippen LogP contribution in [0.2, 0.25) is 0 Å². The Kier molecular flexibility index (Phi) is 3.38. The topological polar surface area (TPSA) is 72.2 Å². The van der Waals surface area contributed by atoms with E-state index < -0.39 is 0 Å². The van der Waals surface area contributed by atoms with Crippen molar-refractivity contribution >= 4 is 22.2 Å². The molecule has 0 saturated heterocycles. The quantitative estimate of drug-likeness (QED) is 0.783. The van der Waals surface area contributed by atoms with Crippen LogP contribution in [0.3, 0.4) is 0 Å². The summed E-state index contributed by atoms with van der Waals surface area (Å²) in [4.78, 5) is 12.4. The van der Waals surface area contributed by atoms with E-state index >= 15 is 0 Å². The summed E-state index contributed by atoms with van der Waals surface area (Å²) >= 11 is 1.37. The van der Waals surface area contributed by atoms with Crippen molar-refractivity contribution < 1.29 is 9.18 Å². The Labute approximate surface area is 117 Å². The fraction of sp³-hybridized carbons (Fsp3) is 0.167. The van der Waals surface area contributed by atoms with Gasteiger partial charge in [-0.2, -0.15) is 9.61 Å². The summed E-state index contributed by atoms with van der Waals surface area (Å²) < 4.78 is 14.3. The van der Waals surface area contributed by atoms with Gasteiger partial charge in [0.25, 0.3) is 0 Å². The zero-order valence-corrected chi connectivity index (χ0v) is 11.1. The van der Waals surface area contributed by atoms with E-state index in [2.05, 4.69) is 20.6 Å². The molecule has 3 aromatic rings. The lowest BCUT2D eigenvalue weighted by Gasteiger charge is -2.03. The Morgan fingerprint density at radius 1 is 1.35 bits per heavy atom. The SMILES string of the molecule is O=C(Cc1ccc(F)cc1)NCc1nn2cnnc2s1. The van der Waals surface area contributed by atoms with Crippen LogP contribution in [0.15, 0.2) is 30.6 Å². The van der Waals surface area contributed by atoms with Gasteiger partial charge in [-0.05, 0) is 17.7 Å². The molecule has 0 radical (unpaired) electrons. The number of nitrogens with zero attached hydrogens (tertiary/aromatic N) is 4. The van der Waals surface area contributed by atoms with E-state index in [1.54, 1.807) is 16.6 Å².